The fraction of sp³-hybridized carbons (Fsp3) is 1.00. The molecular weight excluding hydrogens is 224 g/mol. The van der Waals surface area contributed by atoms with Gasteiger partial charge >= 0.3 is 0 Å². The number of hydrogen-bond acceptors (Lipinski definition) is 3. The highest BCUT2D eigenvalue weighted by Gasteiger charge is 2.41. The fourth-order valence-corrected chi connectivity index (χ4v) is 3.30. The lowest BCUT2D eigenvalue weighted by Gasteiger charge is -2.34. The molecule has 0 aromatic heterocycles. The molecule has 3 unspecified atom stereocenters. The molecule has 0 amide bonds. The molecule has 3 atom stereocenters. The Balaban J connectivity index is 2.55. The van der Waals surface area contributed by atoms with E-state index in [1.54, 1.807) is 7.11 Å². The summed E-state index contributed by atoms with van der Waals surface area (Å²) in [6, 6.07) is 1.15. The van der Waals surface area contributed by atoms with E-state index in [1.165, 1.54) is 19.4 Å². The third-order valence-electron chi connectivity index (χ3n) is 4.58. The zero-order chi connectivity index (χ0) is 13.8. The van der Waals surface area contributed by atoms with Crippen LogP contribution in [-0.2, 0) is 4.74 Å². The van der Waals surface area contributed by atoms with Gasteiger partial charge in [-0.15, -0.1) is 0 Å². The molecule has 1 fully saturated rings. The van der Waals surface area contributed by atoms with Crippen LogP contribution in [0, 0.1) is 11.3 Å². The van der Waals surface area contributed by atoms with Crippen molar-refractivity contribution in [2.45, 2.75) is 52.6 Å². The van der Waals surface area contributed by atoms with E-state index in [-0.39, 0.29) is 0 Å². The fourth-order valence-electron chi connectivity index (χ4n) is 3.30. The largest absolute Gasteiger partial charge is 0.383 e. The van der Waals surface area contributed by atoms with Gasteiger partial charge in [-0.3, -0.25) is 0 Å². The van der Waals surface area contributed by atoms with Crippen LogP contribution in [0.15, 0.2) is 0 Å². The van der Waals surface area contributed by atoms with Crippen LogP contribution in [0.25, 0.3) is 0 Å². The van der Waals surface area contributed by atoms with Crippen molar-refractivity contribution >= 4 is 0 Å². The van der Waals surface area contributed by atoms with Gasteiger partial charge in [-0.25, -0.2) is 0 Å². The Morgan fingerprint density at radius 3 is 2.67 bits per heavy atom. The van der Waals surface area contributed by atoms with Gasteiger partial charge in [0.25, 0.3) is 0 Å². The Morgan fingerprint density at radius 1 is 1.44 bits per heavy atom. The van der Waals surface area contributed by atoms with Gasteiger partial charge < -0.3 is 15.0 Å². The smallest absolute Gasteiger partial charge is 0.0615 e. The summed E-state index contributed by atoms with van der Waals surface area (Å²) in [6.45, 7) is 12.3. The molecular formula is C15H32N2O. The van der Waals surface area contributed by atoms with Gasteiger partial charge in [-0.1, -0.05) is 20.8 Å². The Hall–Kier alpha value is -0.120. The molecule has 18 heavy (non-hydrogen) atoms. The van der Waals surface area contributed by atoms with E-state index in [0.717, 1.165) is 19.1 Å². The standard InChI is InChI=1S/C15H32N2O/c1-7-16-14-13(8-9-15(14,3)4)10-17(5)12(2)11-18-6/h12-14,16H,7-11H2,1-6H3. The summed E-state index contributed by atoms with van der Waals surface area (Å²) in [7, 11) is 4.00. The lowest BCUT2D eigenvalue weighted by atomic mass is 9.84. The summed E-state index contributed by atoms with van der Waals surface area (Å²) in [5.74, 6) is 0.768. The maximum Gasteiger partial charge on any atom is 0.0615 e. The second-order valence-corrected chi connectivity index (χ2v) is 6.57. The van der Waals surface area contributed by atoms with Gasteiger partial charge in [0.2, 0.25) is 0 Å². The molecule has 1 aliphatic carbocycles. The lowest BCUT2D eigenvalue weighted by molar-refractivity contribution is 0.0988. The molecule has 0 spiro atoms. The number of nitrogens with one attached hydrogen (secondary N) is 1. The average Bonchev–Trinajstić information content (AvgIpc) is 2.57. The van der Waals surface area contributed by atoms with E-state index < -0.39 is 0 Å². The second kappa shape index (κ2) is 6.88. The molecule has 0 aromatic carbocycles. The molecule has 1 aliphatic rings. The highest BCUT2D eigenvalue weighted by Crippen LogP contribution is 2.41. The highest BCUT2D eigenvalue weighted by atomic mass is 16.5. The topological polar surface area (TPSA) is 24.5 Å². The number of hydrogen-bond donors (Lipinski definition) is 1. The van der Waals surface area contributed by atoms with Crippen LogP contribution in [0.5, 0.6) is 0 Å². The minimum atomic E-state index is 0.437. The Bertz CT molecular complexity index is 243. The Labute approximate surface area is 113 Å². The van der Waals surface area contributed by atoms with Crippen molar-refractivity contribution in [2.75, 3.05) is 33.9 Å². The van der Waals surface area contributed by atoms with Crippen LogP contribution in [0.4, 0.5) is 0 Å². The van der Waals surface area contributed by atoms with Crippen LogP contribution >= 0.6 is 0 Å². The Morgan fingerprint density at radius 2 is 2.11 bits per heavy atom. The van der Waals surface area contributed by atoms with Crippen LogP contribution in [0.1, 0.15) is 40.5 Å². The summed E-state index contributed by atoms with van der Waals surface area (Å²) in [4.78, 5) is 2.44. The maximum absolute atomic E-state index is 5.25. The van der Waals surface area contributed by atoms with Crippen molar-refractivity contribution < 1.29 is 4.74 Å². The summed E-state index contributed by atoms with van der Waals surface area (Å²) >= 11 is 0. The van der Waals surface area contributed by atoms with Crippen LogP contribution in [0.3, 0.4) is 0 Å². The van der Waals surface area contributed by atoms with Crippen LogP contribution < -0.4 is 5.32 Å². The molecule has 3 nitrogen and oxygen atoms in total. The molecule has 0 heterocycles. The predicted molar refractivity (Wildman–Crippen MR) is 77.9 cm³/mol. The molecule has 3 heteroatoms. The van der Waals surface area contributed by atoms with Crippen LogP contribution in [-0.4, -0.2) is 50.8 Å². The predicted octanol–water partition coefficient (Wildman–Crippen LogP) is 2.37. The first kappa shape index (κ1) is 15.9. The van der Waals surface area contributed by atoms with E-state index in [0.29, 0.717) is 17.5 Å². The minimum Gasteiger partial charge on any atom is -0.383 e. The molecule has 1 rings (SSSR count). The van der Waals surface area contributed by atoms with Gasteiger partial charge in [0, 0.05) is 25.7 Å². The van der Waals surface area contributed by atoms with E-state index >= 15 is 0 Å². The van der Waals surface area contributed by atoms with Gasteiger partial charge in [-0.05, 0) is 44.7 Å². The summed E-state index contributed by atoms with van der Waals surface area (Å²) < 4.78 is 5.25. The van der Waals surface area contributed by atoms with Crippen molar-refractivity contribution in [3.8, 4) is 0 Å². The van der Waals surface area contributed by atoms with Crippen molar-refractivity contribution in [3.05, 3.63) is 0 Å². The van der Waals surface area contributed by atoms with Crippen LogP contribution in [0.2, 0.25) is 0 Å². The van der Waals surface area contributed by atoms with Gasteiger partial charge in [0.1, 0.15) is 0 Å². The third-order valence-corrected chi connectivity index (χ3v) is 4.58. The molecule has 1 saturated carbocycles. The zero-order valence-corrected chi connectivity index (χ0v) is 13.1. The molecule has 108 valence electrons. The number of ether oxygens (including phenoxy) is 1. The number of nitrogens with zero attached hydrogens (tertiary/aromatic N) is 1. The Kier molecular flexibility index (Phi) is 6.09. The van der Waals surface area contributed by atoms with E-state index in [9.17, 15) is 0 Å². The van der Waals surface area contributed by atoms with E-state index in [2.05, 4.69) is 45.0 Å². The van der Waals surface area contributed by atoms with E-state index in [1.807, 2.05) is 0 Å². The average molecular weight is 256 g/mol. The molecule has 0 bridgehead atoms. The van der Waals surface area contributed by atoms with Crippen molar-refractivity contribution in [2.24, 2.45) is 11.3 Å². The minimum absolute atomic E-state index is 0.437. The lowest BCUT2D eigenvalue weighted by Crippen LogP contribution is -2.46. The van der Waals surface area contributed by atoms with Gasteiger partial charge in [0.05, 0.1) is 6.61 Å². The summed E-state index contributed by atoms with van der Waals surface area (Å²) in [5.41, 5.74) is 0.437. The van der Waals surface area contributed by atoms with Crippen molar-refractivity contribution in [3.63, 3.8) is 0 Å². The normalized spacial score (nSPS) is 28.8. The zero-order valence-electron chi connectivity index (χ0n) is 13.1. The molecule has 0 aliphatic heterocycles. The number of likely N-dealkylation sites (N-methyl/N-ethyl adjacent to an activating group) is 1. The third kappa shape index (κ3) is 3.94. The van der Waals surface area contributed by atoms with Gasteiger partial charge in [0.15, 0.2) is 0 Å². The highest BCUT2D eigenvalue weighted by molar-refractivity contribution is 4.97. The number of rotatable bonds is 7. The van der Waals surface area contributed by atoms with E-state index in [4.69, 9.17) is 4.74 Å². The van der Waals surface area contributed by atoms with Crippen molar-refractivity contribution in [1.82, 2.24) is 10.2 Å². The van der Waals surface area contributed by atoms with Crippen molar-refractivity contribution in [1.29, 1.82) is 0 Å². The first-order chi connectivity index (χ1) is 8.42. The molecule has 0 aromatic rings. The monoisotopic (exact) mass is 256 g/mol. The molecule has 1 N–H and O–H groups in total. The second-order valence-electron chi connectivity index (χ2n) is 6.57. The summed E-state index contributed by atoms with van der Waals surface area (Å²) in [5, 5.41) is 3.70. The molecule has 0 saturated heterocycles. The first-order valence-corrected chi connectivity index (χ1v) is 7.35. The maximum atomic E-state index is 5.25. The van der Waals surface area contributed by atoms with Gasteiger partial charge in [-0.2, -0.15) is 0 Å². The quantitative estimate of drug-likeness (QED) is 0.757. The first-order valence-electron chi connectivity index (χ1n) is 7.35. The number of methoxy groups -OCH3 is 1. The summed E-state index contributed by atoms with van der Waals surface area (Å²) in [6.07, 6.45) is 2.68. The molecule has 0 radical (unpaired) electrons. The SMILES string of the molecule is CCNC1C(CN(C)C(C)COC)CCC1(C)C.